The van der Waals surface area contributed by atoms with Gasteiger partial charge in [0.1, 0.15) is 5.82 Å². The van der Waals surface area contributed by atoms with Crippen LogP contribution in [0, 0.1) is 6.92 Å². The number of likely N-dealkylation sites (tertiary alicyclic amines) is 1. The van der Waals surface area contributed by atoms with Crippen molar-refractivity contribution >= 4 is 33.5 Å². The number of amides is 1. The molecule has 0 bridgehead atoms. The second-order valence-corrected chi connectivity index (χ2v) is 7.83. The Morgan fingerprint density at radius 3 is 2.90 bits per heavy atom. The highest BCUT2D eigenvalue weighted by molar-refractivity contribution is 6.06. The van der Waals surface area contributed by atoms with E-state index in [1.807, 2.05) is 43.5 Å². The van der Waals surface area contributed by atoms with Crippen LogP contribution in [0.5, 0.6) is 0 Å². The van der Waals surface area contributed by atoms with Gasteiger partial charge in [0.15, 0.2) is 0 Å². The lowest BCUT2D eigenvalue weighted by molar-refractivity contribution is 0.102. The number of carbonyl (C=O) groups is 1. The third kappa shape index (κ3) is 3.36. The fourth-order valence-corrected chi connectivity index (χ4v) is 4.16. The lowest BCUT2D eigenvalue weighted by Crippen LogP contribution is -2.17. The van der Waals surface area contributed by atoms with Gasteiger partial charge in [-0.1, -0.05) is 6.07 Å². The molecule has 1 atom stereocenters. The number of pyridine rings is 2. The van der Waals surface area contributed by atoms with E-state index < -0.39 is 0 Å². The molecule has 4 aromatic rings. The first-order chi connectivity index (χ1) is 14.1. The molecule has 1 saturated heterocycles. The molecule has 1 amide bonds. The topological polar surface area (TPSA) is 73.9 Å². The monoisotopic (exact) mass is 385 g/mol. The van der Waals surface area contributed by atoms with Crippen LogP contribution in [0.1, 0.15) is 40.6 Å². The maximum absolute atomic E-state index is 12.7. The number of hydrogen-bond acceptors (Lipinski definition) is 4. The molecule has 6 heteroatoms. The Balaban J connectivity index is 1.39. The molecule has 0 unspecified atom stereocenters. The Hall–Kier alpha value is -3.25. The molecular weight excluding hydrogens is 362 g/mol. The van der Waals surface area contributed by atoms with Crippen LogP contribution in [0.15, 0.2) is 48.7 Å². The fraction of sp³-hybridized carbons (Fsp3) is 0.261. The van der Waals surface area contributed by atoms with E-state index in [0.29, 0.717) is 17.4 Å². The quantitative estimate of drug-likeness (QED) is 0.547. The standard InChI is InChI=1S/C23H23N5O/c1-14-5-6-15-10-16(7-8-18(15)25-14)23(29)27-22-12-19-17(13-24-22)11-20(26-19)21-4-3-9-28(21)2/h5-8,10-13,21,26H,3-4,9H2,1-2H3,(H,24,27,29)/t21-/m1/s1. The van der Waals surface area contributed by atoms with Crippen molar-refractivity contribution < 1.29 is 4.79 Å². The molecule has 146 valence electrons. The lowest BCUT2D eigenvalue weighted by Gasteiger charge is -2.17. The molecule has 2 N–H and O–H groups in total. The van der Waals surface area contributed by atoms with E-state index in [9.17, 15) is 4.79 Å². The van der Waals surface area contributed by atoms with Crippen molar-refractivity contribution in [3.8, 4) is 0 Å². The number of hydrogen-bond donors (Lipinski definition) is 2. The van der Waals surface area contributed by atoms with E-state index in [4.69, 9.17) is 0 Å². The van der Waals surface area contributed by atoms with E-state index in [0.717, 1.165) is 40.5 Å². The third-order valence-corrected chi connectivity index (χ3v) is 5.74. The summed E-state index contributed by atoms with van der Waals surface area (Å²) in [5, 5.41) is 4.92. The van der Waals surface area contributed by atoms with Gasteiger partial charge in [0.05, 0.1) is 11.0 Å². The molecule has 29 heavy (non-hydrogen) atoms. The number of rotatable bonds is 3. The van der Waals surface area contributed by atoms with E-state index in [1.165, 1.54) is 12.1 Å². The minimum atomic E-state index is -0.179. The molecule has 0 radical (unpaired) electrons. The average molecular weight is 385 g/mol. The number of aryl methyl sites for hydroxylation is 1. The number of aromatic amines is 1. The molecule has 0 aliphatic carbocycles. The summed E-state index contributed by atoms with van der Waals surface area (Å²) in [5.74, 6) is 0.361. The van der Waals surface area contributed by atoms with Crippen molar-refractivity contribution in [2.75, 3.05) is 18.9 Å². The zero-order valence-electron chi connectivity index (χ0n) is 16.6. The Morgan fingerprint density at radius 2 is 2.07 bits per heavy atom. The highest BCUT2D eigenvalue weighted by Crippen LogP contribution is 2.32. The van der Waals surface area contributed by atoms with Gasteiger partial charge in [0.25, 0.3) is 5.91 Å². The van der Waals surface area contributed by atoms with E-state index >= 15 is 0 Å². The molecule has 4 heterocycles. The van der Waals surface area contributed by atoms with Gasteiger partial charge in [0, 0.05) is 46.0 Å². The van der Waals surface area contributed by atoms with E-state index in [1.54, 1.807) is 6.07 Å². The number of anilines is 1. The van der Waals surface area contributed by atoms with Crippen LogP contribution in [0.2, 0.25) is 0 Å². The minimum absolute atomic E-state index is 0.179. The molecule has 6 nitrogen and oxygen atoms in total. The van der Waals surface area contributed by atoms with Crippen molar-refractivity contribution in [1.29, 1.82) is 0 Å². The molecule has 3 aromatic heterocycles. The number of aromatic nitrogens is 3. The Kier molecular flexibility index (Phi) is 4.28. The minimum Gasteiger partial charge on any atom is -0.357 e. The van der Waals surface area contributed by atoms with Gasteiger partial charge >= 0.3 is 0 Å². The highest BCUT2D eigenvalue weighted by atomic mass is 16.1. The van der Waals surface area contributed by atoms with Crippen LogP contribution in [-0.4, -0.2) is 39.4 Å². The molecule has 1 aliphatic heterocycles. The summed E-state index contributed by atoms with van der Waals surface area (Å²) in [6, 6.07) is 14.0. The zero-order chi connectivity index (χ0) is 20.0. The maximum Gasteiger partial charge on any atom is 0.256 e. The number of carbonyl (C=O) groups excluding carboxylic acids is 1. The highest BCUT2D eigenvalue weighted by Gasteiger charge is 2.24. The van der Waals surface area contributed by atoms with Crippen molar-refractivity contribution in [1.82, 2.24) is 19.9 Å². The van der Waals surface area contributed by atoms with Crippen LogP contribution < -0.4 is 5.32 Å². The maximum atomic E-state index is 12.7. The molecule has 1 aliphatic rings. The van der Waals surface area contributed by atoms with Crippen LogP contribution in [-0.2, 0) is 0 Å². The molecule has 1 aromatic carbocycles. The van der Waals surface area contributed by atoms with Crippen molar-refractivity contribution in [2.45, 2.75) is 25.8 Å². The Bertz CT molecular complexity index is 1230. The number of nitrogens with zero attached hydrogens (tertiary/aromatic N) is 3. The van der Waals surface area contributed by atoms with Crippen LogP contribution in [0.3, 0.4) is 0 Å². The first-order valence-corrected chi connectivity index (χ1v) is 9.94. The predicted molar refractivity (Wildman–Crippen MR) is 115 cm³/mol. The normalized spacial score (nSPS) is 17.2. The van der Waals surface area contributed by atoms with Gasteiger partial charge in [-0.05, 0) is 63.7 Å². The molecule has 5 rings (SSSR count). The zero-order valence-corrected chi connectivity index (χ0v) is 16.6. The molecular formula is C23H23N5O. The van der Waals surface area contributed by atoms with Gasteiger partial charge < -0.3 is 10.3 Å². The SMILES string of the molecule is Cc1ccc2cc(C(=O)Nc3cc4[nH]c([C@H]5CCCN5C)cc4cn3)ccc2n1. The summed E-state index contributed by atoms with van der Waals surface area (Å²) in [7, 11) is 2.16. The van der Waals surface area contributed by atoms with Crippen LogP contribution >= 0.6 is 0 Å². The fourth-order valence-electron chi connectivity index (χ4n) is 4.16. The summed E-state index contributed by atoms with van der Waals surface area (Å²) in [6.07, 6.45) is 4.20. The second kappa shape index (κ2) is 6.97. The largest absolute Gasteiger partial charge is 0.357 e. The van der Waals surface area contributed by atoms with Gasteiger partial charge in [-0.25, -0.2) is 4.98 Å². The number of benzene rings is 1. The van der Waals surface area contributed by atoms with Crippen molar-refractivity contribution in [2.24, 2.45) is 0 Å². The summed E-state index contributed by atoms with van der Waals surface area (Å²) in [4.78, 5) is 27.5. The number of H-pyrrole nitrogens is 1. The number of fused-ring (bicyclic) bond motifs is 2. The smallest absolute Gasteiger partial charge is 0.256 e. The predicted octanol–water partition coefficient (Wildman–Crippen LogP) is 4.44. The van der Waals surface area contributed by atoms with Crippen LogP contribution in [0.4, 0.5) is 5.82 Å². The summed E-state index contributed by atoms with van der Waals surface area (Å²) < 4.78 is 0. The molecule has 1 fully saturated rings. The van der Waals surface area contributed by atoms with E-state index in [-0.39, 0.29) is 5.91 Å². The summed E-state index contributed by atoms with van der Waals surface area (Å²) in [5.41, 5.74) is 4.63. The van der Waals surface area contributed by atoms with E-state index in [2.05, 4.69) is 38.3 Å². The summed E-state index contributed by atoms with van der Waals surface area (Å²) in [6.45, 7) is 3.08. The number of nitrogens with one attached hydrogen (secondary N) is 2. The first kappa shape index (κ1) is 17.8. The molecule has 0 spiro atoms. The first-order valence-electron chi connectivity index (χ1n) is 9.94. The van der Waals surface area contributed by atoms with Crippen molar-refractivity contribution in [3.63, 3.8) is 0 Å². The molecule has 0 saturated carbocycles. The van der Waals surface area contributed by atoms with Crippen LogP contribution in [0.25, 0.3) is 21.8 Å². The third-order valence-electron chi connectivity index (χ3n) is 5.74. The van der Waals surface area contributed by atoms with Gasteiger partial charge in [-0.2, -0.15) is 0 Å². The van der Waals surface area contributed by atoms with Gasteiger partial charge in [0.2, 0.25) is 0 Å². The lowest BCUT2D eigenvalue weighted by atomic mass is 10.1. The average Bonchev–Trinajstić information content (AvgIpc) is 3.32. The van der Waals surface area contributed by atoms with Crippen molar-refractivity contribution in [3.05, 3.63) is 65.6 Å². The van der Waals surface area contributed by atoms with Gasteiger partial charge in [-0.15, -0.1) is 0 Å². The van der Waals surface area contributed by atoms with Gasteiger partial charge in [-0.3, -0.25) is 14.7 Å². The summed E-state index contributed by atoms with van der Waals surface area (Å²) >= 11 is 0. The Labute approximate surface area is 169 Å². The Morgan fingerprint density at radius 1 is 1.17 bits per heavy atom. The second-order valence-electron chi connectivity index (χ2n) is 7.83.